The van der Waals surface area contributed by atoms with Crippen LogP contribution in [-0.2, 0) is 6.42 Å². The molecule has 0 aliphatic carbocycles. The normalized spacial score (nSPS) is 13.9. The molecule has 5 heteroatoms. The van der Waals surface area contributed by atoms with Crippen LogP contribution in [0.3, 0.4) is 0 Å². The third-order valence-corrected chi connectivity index (χ3v) is 3.17. The molecule has 0 spiro atoms. The van der Waals surface area contributed by atoms with Crippen molar-refractivity contribution in [3.63, 3.8) is 0 Å². The number of hydrogen-bond acceptors (Lipinski definition) is 3. The monoisotopic (exact) mass is 265 g/mol. The molecule has 0 radical (unpaired) electrons. The molecule has 0 saturated carbocycles. The van der Waals surface area contributed by atoms with Crippen LogP contribution in [0.1, 0.15) is 5.56 Å². The SMILES string of the molecule is Clc1cc(Cl)nc(N2CCc3ccccc32)n1. The second-order valence-corrected chi connectivity index (χ2v) is 4.62. The Bertz CT molecular complexity index is 551. The molecule has 0 fully saturated rings. The molecule has 0 N–H and O–H groups in total. The fourth-order valence-electron chi connectivity index (χ4n) is 2.05. The number of fused-ring (bicyclic) bond motifs is 1. The Balaban J connectivity index is 2.06. The molecule has 17 heavy (non-hydrogen) atoms. The number of para-hydroxylation sites is 1. The van der Waals surface area contributed by atoms with Crippen molar-refractivity contribution in [2.45, 2.75) is 6.42 Å². The molecule has 0 bridgehead atoms. The number of aromatic nitrogens is 2. The summed E-state index contributed by atoms with van der Waals surface area (Å²) in [4.78, 5) is 10.5. The minimum absolute atomic E-state index is 0.365. The molecule has 1 aromatic carbocycles. The molecule has 3 nitrogen and oxygen atoms in total. The Kier molecular flexibility index (Phi) is 2.65. The van der Waals surface area contributed by atoms with E-state index in [1.807, 2.05) is 17.0 Å². The van der Waals surface area contributed by atoms with Crippen molar-refractivity contribution < 1.29 is 0 Å². The Morgan fingerprint density at radius 3 is 2.53 bits per heavy atom. The van der Waals surface area contributed by atoms with Gasteiger partial charge in [-0.1, -0.05) is 41.4 Å². The molecule has 0 unspecified atom stereocenters. The van der Waals surface area contributed by atoms with Crippen LogP contribution in [0.2, 0.25) is 10.3 Å². The van der Waals surface area contributed by atoms with E-state index in [9.17, 15) is 0 Å². The molecule has 3 rings (SSSR count). The van der Waals surface area contributed by atoms with E-state index >= 15 is 0 Å². The molecule has 0 amide bonds. The second kappa shape index (κ2) is 4.17. The van der Waals surface area contributed by atoms with Gasteiger partial charge in [0.25, 0.3) is 0 Å². The van der Waals surface area contributed by atoms with Crippen molar-refractivity contribution in [2.24, 2.45) is 0 Å². The van der Waals surface area contributed by atoms with Gasteiger partial charge in [0.15, 0.2) is 0 Å². The molecule has 86 valence electrons. The van der Waals surface area contributed by atoms with E-state index in [2.05, 4.69) is 22.1 Å². The van der Waals surface area contributed by atoms with Crippen molar-refractivity contribution in [1.29, 1.82) is 0 Å². The lowest BCUT2D eigenvalue weighted by Crippen LogP contribution is -2.16. The van der Waals surface area contributed by atoms with Gasteiger partial charge in [-0.2, -0.15) is 0 Å². The average molecular weight is 266 g/mol. The summed E-state index contributed by atoms with van der Waals surface area (Å²) in [5, 5.41) is 0.730. The summed E-state index contributed by atoms with van der Waals surface area (Å²) in [5.41, 5.74) is 2.43. The zero-order valence-electron chi connectivity index (χ0n) is 8.90. The van der Waals surface area contributed by atoms with Gasteiger partial charge in [-0.25, -0.2) is 9.97 Å². The molecule has 1 aromatic heterocycles. The highest BCUT2D eigenvalue weighted by molar-refractivity contribution is 6.33. The van der Waals surface area contributed by atoms with Crippen molar-refractivity contribution in [1.82, 2.24) is 9.97 Å². The van der Waals surface area contributed by atoms with Crippen LogP contribution in [0.5, 0.6) is 0 Å². The summed E-state index contributed by atoms with van der Waals surface area (Å²) >= 11 is 11.8. The van der Waals surface area contributed by atoms with E-state index < -0.39 is 0 Å². The fourth-order valence-corrected chi connectivity index (χ4v) is 2.46. The van der Waals surface area contributed by atoms with Gasteiger partial charge in [0, 0.05) is 18.3 Å². The molecule has 2 heterocycles. The van der Waals surface area contributed by atoms with E-state index in [1.54, 1.807) is 0 Å². The number of anilines is 2. The van der Waals surface area contributed by atoms with E-state index in [0.717, 1.165) is 18.7 Å². The summed E-state index contributed by atoms with van der Waals surface area (Å²) in [5.74, 6) is 0.562. The Morgan fingerprint density at radius 1 is 1.06 bits per heavy atom. The van der Waals surface area contributed by atoms with E-state index in [4.69, 9.17) is 23.2 Å². The van der Waals surface area contributed by atoms with Gasteiger partial charge in [0.1, 0.15) is 10.3 Å². The van der Waals surface area contributed by atoms with Gasteiger partial charge in [0.2, 0.25) is 5.95 Å². The quantitative estimate of drug-likeness (QED) is 0.740. The topological polar surface area (TPSA) is 29.0 Å². The number of nitrogens with zero attached hydrogens (tertiary/aromatic N) is 3. The number of rotatable bonds is 1. The fraction of sp³-hybridized carbons (Fsp3) is 0.167. The van der Waals surface area contributed by atoms with Gasteiger partial charge in [-0.15, -0.1) is 0 Å². The second-order valence-electron chi connectivity index (χ2n) is 3.84. The predicted octanol–water partition coefficient (Wildman–Crippen LogP) is 3.48. The van der Waals surface area contributed by atoms with Crippen LogP contribution in [0.4, 0.5) is 11.6 Å². The lowest BCUT2D eigenvalue weighted by atomic mass is 10.2. The molecular weight excluding hydrogens is 257 g/mol. The van der Waals surface area contributed by atoms with Crippen molar-refractivity contribution in [3.8, 4) is 0 Å². The molecule has 0 saturated heterocycles. The van der Waals surface area contributed by atoms with Gasteiger partial charge in [-0.05, 0) is 18.1 Å². The minimum Gasteiger partial charge on any atom is -0.310 e. The predicted molar refractivity (Wildman–Crippen MR) is 69.2 cm³/mol. The standard InChI is InChI=1S/C12H9Cl2N3/c13-10-7-11(14)16-12(15-10)17-6-5-8-3-1-2-4-9(8)17/h1-4,7H,5-6H2. The zero-order valence-corrected chi connectivity index (χ0v) is 10.4. The van der Waals surface area contributed by atoms with Crippen molar-refractivity contribution in [2.75, 3.05) is 11.4 Å². The number of halogens is 2. The first-order valence-electron chi connectivity index (χ1n) is 5.29. The van der Waals surface area contributed by atoms with Crippen molar-refractivity contribution in [3.05, 3.63) is 46.2 Å². The summed E-state index contributed by atoms with van der Waals surface area (Å²) in [6.45, 7) is 0.857. The first-order chi connectivity index (χ1) is 8.24. The molecule has 0 atom stereocenters. The van der Waals surface area contributed by atoms with E-state index in [-0.39, 0.29) is 0 Å². The first-order valence-corrected chi connectivity index (χ1v) is 6.05. The van der Waals surface area contributed by atoms with Gasteiger partial charge < -0.3 is 4.90 Å². The molecular formula is C12H9Cl2N3. The van der Waals surface area contributed by atoms with Gasteiger partial charge >= 0.3 is 0 Å². The van der Waals surface area contributed by atoms with Crippen LogP contribution in [-0.4, -0.2) is 16.5 Å². The van der Waals surface area contributed by atoms with Crippen LogP contribution in [0, 0.1) is 0 Å². The Hall–Kier alpha value is -1.32. The highest BCUT2D eigenvalue weighted by Crippen LogP contribution is 2.33. The lowest BCUT2D eigenvalue weighted by molar-refractivity contribution is 0.940. The van der Waals surface area contributed by atoms with E-state index in [1.165, 1.54) is 11.6 Å². The van der Waals surface area contributed by atoms with Crippen LogP contribution in [0.15, 0.2) is 30.3 Å². The van der Waals surface area contributed by atoms with Crippen molar-refractivity contribution >= 4 is 34.8 Å². The smallest absolute Gasteiger partial charge is 0.232 e. The highest BCUT2D eigenvalue weighted by atomic mass is 35.5. The van der Waals surface area contributed by atoms with Gasteiger partial charge in [-0.3, -0.25) is 0 Å². The third-order valence-electron chi connectivity index (χ3n) is 2.78. The van der Waals surface area contributed by atoms with Crippen LogP contribution < -0.4 is 4.90 Å². The maximum atomic E-state index is 5.89. The summed E-state index contributed by atoms with van der Waals surface area (Å²) in [6.07, 6.45) is 0.990. The third kappa shape index (κ3) is 1.96. The summed E-state index contributed by atoms with van der Waals surface area (Å²) in [7, 11) is 0. The van der Waals surface area contributed by atoms with E-state index in [0.29, 0.717) is 16.3 Å². The number of benzene rings is 1. The van der Waals surface area contributed by atoms with Gasteiger partial charge in [0.05, 0.1) is 0 Å². The molecule has 2 aromatic rings. The maximum absolute atomic E-state index is 5.89. The first kappa shape index (κ1) is 10.8. The Labute approximate surface area is 109 Å². The lowest BCUT2D eigenvalue weighted by Gasteiger charge is -2.17. The molecule has 1 aliphatic heterocycles. The summed E-state index contributed by atoms with van der Waals surface area (Å²) in [6, 6.07) is 9.74. The Morgan fingerprint density at radius 2 is 1.76 bits per heavy atom. The minimum atomic E-state index is 0.365. The maximum Gasteiger partial charge on any atom is 0.232 e. The molecule has 1 aliphatic rings. The van der Waals surface area contributed by atoms with Crippen LogP contribution >= 0.6 is 23.2 Å². The average Bonchev–Trinajstić information content (AvgIpc) is 2.71. The highest BCUT2D eigenvalue weighted by Gasteiger charge is 2.22. The number of hydrogen-bond donors (Lipinski definition) is 0. The largest absolute Gasteiger partial charge is 0.310 e. The van der Waals surface area contributed by atoms with Crippen LogP contribution in [0.25, 0.3) is 0 Å². The summed E-state index contributed by atoms with van der Waals surface area (Å²) < 4.78 is 0. The zero-order chi connectivity index (χ0) is 11.8.